The number of piperazine rings is 1. The fraction of sp³-hybridized carbons (Fsp3) is 0.300. The first-order valence-electron chi connectivity index (χ1n) is 8.94. The Kier molecular flexibility index (Phi) is 4.53. The molecular formula is C20H20FN3O3. The molecule has 2 amide bonds. The highest BCUT2D eigenvalue weighted by atomic mass is 19.1. The number of nitrogens with zero attached hydrogens (tertiary/aromatic N) is 3. The summed E-state index contributed by atoms with van der Waals surface area (Å²) in [5.41, 5.74) is 1.03. The van der Waals surface area contributed by atoms with Crippen molar-refractivity contribution in [3.8, 4) is 5.75 Å². The summed E-state index contributed by atoms with van der Waals surface area (Å²) in [4.78, 5) is 30.3. The van der Waals surface area contributed by atoms with E-state index < -0.39 is 11.9 Å². The smallest absolute Gasteiger partial charge is 0.251 e. The third-order valence-electron chi connectivity index (χ3n) is 5.19. The molecule has 6 nitrogen and oxygen atoms in total. The highest BCUT2D eigenvalue weighted by Gasteiger charge is 2.44. The van der Waals surface area contributed by atoms with Crippen molar-refractivity contribution in [1.82, 2.24) is 4.90 Å². The Hall–Kier alpha value is -2.93. The van der Waals surface area contributed by atoms with Crippen LogP contribution in [0, 0.1) is 5.82 Å². The number of rotatable bonds is 3. The minimum Gasteiger partial charge on any atom is -0.508 e. The number of halogens is 1. The summed E-state index contributed by atoms with van der Waals surface area (Å²) in [5, 5.41) is 9.41. The Bertz CT molecular complexity index is 863. The molecule has 2 saturated heterocycles. The molecule has 2 heterocycles. The molecule has 7 heteroatoms. The summed E-state index contributed by atoms with van der Waals surface area (Å²) in [6, 6.07) is 12.3. The number of hydrogen-bond donors (Lipinski definition) is 1. The second-order valence-electron chi connectivity index (χ2n) is 6.78. The summed E-state index contributed by atoms with van der Waals surface area (Å²) in [5.74, 6) is -1.07. The van der Waals surface area contributed by atoms with Gasteiger partial charge in [-0.2, -0.15) is 0 Å². The number of phenolic OH excluding ortho intramolecular Hbond substituents is 1. The molecule has 0 saturated carbocycles. The van der Waals surface area contributed by atoms with Crippen LogP contribution in [0.3, 0.4) is 0 Å². The second-order valence-corrected chi connectivity index (χ2v) is 6.78. The largest absolute Gasteiger partial charge is 0.508 e. The molecule has 2 aromatic rings. The molecule has 4 rings (SSSR count). The van der Waals surface area contributed by atoms with Crippen LogP contribution in [-0.2, 0) is 9.59 Å². The van der Waals surface area contributed by atoms with Crippen LogP contribution in [0.5, 0.6) is 5.75 Å². The van der Waals surface area contributed by atoms with Crippen molar-refractivity contribution in [1.29, 1.82) is 0 Å². The summed E-state index contributed by atoms with van der Waals surface area (Å²) in [7, 11) is 0. The number of benzene rings is 2. The lowest BCUT2D eigenvalue weighted by Crippen LogP contribution is -2.52. The highest BCUT2D eigenvalue weighted by molar-refractivity contribution is 6.22. The SMILES string of the molecule is O=C1C[C@H](N2CCN(c3ccc(O)cc3)CC2)C(=O)N1c1ccccc1F. The molecule has 27 heavy (non-hydrogen) atoms. The van der Waals surface area contributed by atoms with E-state index in [4.69, 9.17) is 0 Å². The van der Waals surface area contributed by atoms with Crippen molar-refractivity contribution in [3.05, 3.63) is 54.3 Å². The van der Waals surface area contributed by atoms with E-state index in [9.17, 15) is 19.1 Å². The van der Waals surface area contributed by atoms with Gasteiger partial charge < -0.3 is 10.0 Å². The fourth-order valence-corrected chi connectivity index (χ4v) is 3.74. The summed E-state index contributed by atoms with van der Waals surface area (Å²) in [6.07, 6.45) is 0.0758. The quantitative estimate of drug-likeness (QED) is 0.839. The summed E-state index contributed by atoms with van der Waals surface area (Å²) < 4.78 is 14.0. The molecule has 2 fully saturated rings. The monoisotopic (exact) mass is 369 g/mol. The molecule has 0 radical (unpaired) electrons. The van der Waals surface area contributed by atoms with E-state index in [0.717, 1.165) is 10.6 Å². The van der Waals surface area contributed by atoms with Gasteiger partial charge in [-0.1, -0.05) is 12.1 Å². The van der Waals surface area contributed by atoms with Gasteiger partial charge in [-0.3, -0.25) is 14.5 Å². The summed E-state index contributed by atoms with van der Waals surface area (Å²) in [6.45, 7) is 2.69. The number of carbonyl (C=O) groups is 2. The van der Waals surface area contributed by atoms with Gasteiger partial charge in [0.15, 0.2) is 0 Å². The van der Waals surface area contributed by atoms with E-state index in [1.165, 1.54) is 18.2 Å². The molecule has 1 atom stereocenters. The first-order chi connectivity index (χ1) is 13.0. The molecule has 0 aromatic heterocycles. The van der Waals surface area contributed by atoms with E-state index in [-0.39, 0.29) is 29.7 Å². The van der Waals surface area contributed by atoms with Gasteiger partial charge in [0.1, 0.15) is 11.6 Å². The number of hydrogen-bond acceptors (Lipinski definition) is 5. The van der Waals surface area contributed by atoms with Crippen molar-refractivity contribution >= 4 is 23.2 Å². The Balaban J connectivity index is 1.45. The van der Waals surface area contributed by atoms with Gasteiger partial charge in [-0.05, 0) is 36.4 Å². The van der Waals surface area contributed by atoms with E-state index >= 15 is 0 Å². The predicted molar refractivity (Wildman–Crippen MR) is 99.2 cm³/mol. The fourth-order valence-electron chi connectivity index (χ4n) is 3.74. The van der Waals surface area contributed by atoms with Crippen LogP contribution in [0.2, 0.25) is 0 Å². The lowest BCUT2D eigenvalue weighted by atomic mass is 10.1. The average Bonchev–Trinajstić information content (AvgIpc) is 2.97. The van der Waals surface area contributed by atoms with Crippen molar-refractivity contribution < 1.29 is 19.1 Å². The van der Waals surface area contributed by atoms with Crippen molar-refractivity contribution in [2.75, 3.05) is 36.0 Å². The van der Waals surface area contributed by atoms with Crippen LogP contribution in [0.25, 0.3) is 0 Å². The maximum atomic E-state index is 14.0. The third-order valence-corrected chi connectivity index (χ3v) is 5.19. The van der Waals surface area contributed by atoms with Crippen LogP contribution >= 0.6 is 0 Å². The number of anilines is 2. The first-order valence-corrected chi connectivity index (χ1v) is 8.94. The van der Waals surface area contributed by atoms with Gasteiger partial charge in [0, 0.05) is 31.9 Å². The predicted octanol–water partition coefficient (Wildman–Crippen LogP) is 1.99. The van der Waals surface area contributed by atoms with E-state index in [1.54, 1.807) is 18.2 Å². The van der Waals surface area contributed by atoms with Crippen molar-refractivity contribution in [3.63, 3.8) is 0 Å². The number of phenols is 1. The maximum absolute atomic E-state index is 14.0. The minimum absolute atomic E-state index is 0.0257. The van der Waals surface area contributed by atoms with Crippen LogP contribution < -0.4 is 9.80 Å². The van der Waals surface area contributed by atoms with Crippen LogP contribution in [0.4, 0.5) is 15.8 Å². The standard InChI is InChI=1S/C20H20FN3O3/c21-16-3-1-2-4-17(16)24-19(26)13-18(20(24)27)23-11-9-22(10-12-23)14-5-7-15(25)8-6-14/h1-8,18,25H,9-13H2/t18-/m0/s1. The Morgan fingerprint density at radius 2 is 1.59 bits per heavy atom. The lowest BCUT2D eigenvalue weighted by molar-refractivity contribution is -0.123. The molecule has 2 aliphatic rings. The molecule has 2 aromatic carbocycles. The van der Waals surface area contributed by atoms with Gasteiger partial charge in [-0.25, -0.2) is 9.29 Å². The maximum Gasteiger partial charge on any atom is 0.251 e. The zero-order valence-electron chi connectivity index (χ0n) is 14.7. The van der Waals surface area contributed by atoms with Crippen LogP contribution in [0.15, 0.2) is 48.5 Å². The molecule has 0 aliphatic carbocycles. The van der Waals surface area contributed by atoms with Crippen LogP contribution in [0.1, 0.15) is 6.42 Å². The minimum atomic E-state index is -0.572. The van der Waals surface area contributed by atoms with E-state index in [1.807, 2.05) is 17.0 Å². The van der Waals surface area contributed by atoms with Gasteiger partial charge in [0.05, 0.1) is 18.2 Å². The highest BCUT2D eigenvalue weighted by Crippen LogP contribution is 2.29. The number of para-hydroxylation sites is 1. The van der Waals surface area contributed by atoms with E-state index in [0.29, 0.717) is 26.2 Å². The second kappa shape index (κ2) is 7.00. The summed E-state index contributed by atoms with van der Waals surface area (Å²) >= 11 is 0. The van der Waals surface area contributed by atoms with Crippen molar-refractivity contribution in [2.45, 2.75) is 12.5 Å². The molecular weight excluding hydrogens is 349 g/mol. The van der Waals surface area contributed by atoms with E-state index in [2.05, 4.69) is 4.90 Å². The average molecular weight is 369 g/mol. The van der Waals surface area contributed by atoms with Gasteiger partial charge >= 0.3 is 0 Å². The first kappa shape index (κ1) is 17.5. The molecule has 0 unspecified atom stereocenters. The Labute approximate surface area is 156 Å². The number of carbonyl (C=O) groups excluding carboxylic acids is 2. The Morgan fingerprint density at radius 1 is 0.926 bits per heavy atom. The third kappa shape index (κ3) is 3.26. The normalized spacial score (nSPS) is 21.1. The van der Waals surface area contributed by atoms with Gasteiger partial charge in [-0.15, -0.1) is 0 Å². The van der Waals surface area contributed by atoms with Crippen LogP contribution in [-0.4, -0.2) is 54.0 Å². The zero-order valence-corrected chi connectivity index (χ0v) is 14.7. The topological polar surface area (TPSA) is 64.1 Å². The zero-order chi connectivity index (χ0) is 19.0. The van der Waals surface area contributed by atoms with Gasteiger partial charge in [0.25, 0.3) is 5.91 Å². The number of aromatic hydroxyl groups is 1. The number of amides is 2. The molecule has 0 spiro atoms. The molecule has 2 aliphatic heterocycles. The Morgan fingerprint density at radius 3 is 2.26 bits per heavy atom. The number of imide groups is 1. The molecule has 140 valence electrons. The van der Waals surface area contributed by atoms with Gasteiger partial charge in [0.2, 0.25) is 5.91 Å². The lowest BCUT2D eigenvalue weighted by Gasteiger charge is -2.38. The molecule has 0 bridgehead atoms. The molecule has 1 N–H and O–H groups in total. The van der Waals surface area contributed by atoms with Crippen molar-refractivity contribution in [2.24, 2.45) is 0 Å².